The lowest BCUT2D eigenvalue weighted by atomic mass is 10.0. The predicted octanol–water partition coefficient (Wildman–Crippen LogP) is 11.0. The lowest BCUT2D eigenvalue weighted by Crippen LogP contribution is -2.45. The molecule has 1 saturated heterocycles. The summed E-state index contributed by atoms with van der Waals surface area (Å²) in [6, 6.07) is 15.0. The minimum atomic E-state index is -4.61. The number of amides is 2. The predicted molar refractivity (Wildman–Crippen MR) is 240 cm³/mol. The molecule has 2 heterocycles. The number of anilines is 1. The minimum absolute atomic E-state index is 0.0371. The first-order valence-electron chi connectivity index (χ1n) is 20.0. The number of halogens is 7. The summed E-state index contributed by atoms with van der Waals surface area (Å²) in [5.41, 5.74) is 0.218. The van der Waals surface area contributed by atoms with Crippen LogP contribution in [0.1, 0.15) is 80.5 Å². The summed E-state index contributed by atoms with van der Waals surface area (Å²) in [5, 5.41) is 10.9. The van der Waals surface area contributed by atoms with Gasteiger partial charge in [0, 0.05) is 18.7 Å². The van der Waals surface area contributed by atoms with Crippen LogP contribution in [-0.4, -0.2) is 82.6 Å². The number of furan rings is 1. The van der Waals surface area contributed by atoms with Crippen molar-refractivity contribution in [3.05, 3.63) is 116 Å². The molecule has 2 amide bonds. The van der Waals surface area contributed by atoms with E-state index in [9.17, 15) is 42.5 Å². The molecule has 15 nitrogen and oxygen atoms in total. The van der Waals surface area contributed by atoms with Crippen molar-refractivity contribution in [2.24, 2.45) is 0 Å². The van der Waals surface area contributed by atoms with Gasteiger partial charge in [0.1, 0.15) is 47.3 Å². The van der Waals surface area contributed by atoms with Crippen molar-refractivity contribution in [3.8, 4) is 11.5 Å². The molecule has 0 aliphatic carbocycles. The number of esters is 2. The second-order valence-electron chi connectivity index (χ2n) is 14.3. The van der Waals surface area contributed by atoms with Crippen LogP contribution in [0.4, 0.5) is 24.5 Å². The molecule has 3 aromatic carbocycles. The Morgan fingerprint density at radius 1 is 1.02 bits per heavy atom. The molecule has 0 radical (unpaired) electrons. The SMILES string of the molecule is CC1(C)OC(c2ccco2)CN1C(=O)C(Cl)Cl.CCOC(=O)C(C)OC(=O)c1cc(Oc2ccc(C(F)(F)F)cc2Cl)ccc1[N+](=O)[O-].CCOCN(C(=O)CCl)c1c(C)cccc1CC. The molecule has 4 aromatic rings. The number of aryl methyl sites for hydroxylation is 2. The number of alkyl halides is 6. The largest absolute Gasteiger partial charge is 0.467 e. The van der Waals surface area contributed by atoms with Gasteiger partial charge in [-0.25, -0.2) is 9.59 Å². The molecule has 1 aliphatic heterocycles. The van der Waals surface area contributed by atoms with Gasteiger partial charge in [0.05, 0.1) is 40.6 Å². The van der Waals surface area contributed by atoms with Crippen LogP contribution in [0.3, 0.4) is 0 Å². The van der Waals surface area contributed by atoms with E-state index in [1.807, 2.05) is 38.1 Å². The van der Waals surface area contributed by atoms with E-state index in [0.717, 1.165) is 53.6 Å². The van der Waals surface area contributed by atoms with E-state index in [2.05, 4.69) is 6.92 Å². The smallest absolute Gasteiger partial charge is 0.416 e. The number of rotatable bonds is 15. The molecule has 1 aromatic heterocycles. The number of hydrogen-bond acceptors (Lipinski definition) is 12. The number of carbonyl (C=O) groups is 4. The maximum atomic E-state index is 12.8. The van der Waals surface area contributed by atoms with E-state index in [4.69, 9.17) is 74.5 Å². The van der Waals surface area contributed by atoms with Gasteiger partial charge in [-0.1, -0.05) is 59.9 Å². The molecular weight excluding hydrogens is 961 g/mol. The minimum Gasteiger partial charge on any atom is -0.467 e. The third-order valence-corrected chi connectivity index (χ3v) is 10.2. The molecule has 0 saturated carbocycles. The van der Waals surface area contributed by atoms with E-state index in [1.54, 1.807) is 38.0 Å². The molecule has 1 fully saturated rings. The number of benzene rings is 3. The summed E-state index contributed by atoms with van der Waals surface area (Å²) >= 11 is 22.7. The Hall–Kier alpha value is -5.11. The zero-order valence-corrected chi connectivity index (χ0v) is 39.8. The highest BCUT2D eigenvalue weighted by molar-refractivity contribution is 6.53. The summed E-state index contributed by atoms with van der Waals surface area (Å²) in [4.78, 5) is 60.2. The van der Waals surface area contributed by atoms with Crippen molar-refractivity contribution in [3.63, 3.8) is 0 Å². The van der Waals surface area contributed by atoms with Gasteiger partial charge in [-0.3, -0.25) is 24.6 Å². The van der Waals surface area contributed by atoms with Crippen LogP contribution < -0.4 is 9.64 Å². The van der Waals surface area contributed by atoms with Crippen molar-refractivity contribution in [2.45, 2.75) is 83.8 Å². The normalized spacial score (nSPS) is 14.5. The van der Waals surface area contributed by atoms with Crippen LogP contribution in [0.5, 0.6) is 11.5 Å². The van der Waals surface area contributed by atoms with Gasteiger partial charge in [-0.2, -0.15) is 13.2 Å². The Kier molecular flexibility index (Phi) is 21.0. The summed E-state index contributed by atoms with van der Waals surface area (Å²) < 4.78 is 69.6. The van der Waals surface area contributed by atoms with Gasteiger partial charge in [0.2, 0.25) is 5.91 Å². The number of nitrogens with zero attached hydrogens (tertiary/aromatic N) is 3. The summed E-state index contributed by atoms with van der Waals surface area (Å²) in [6.07, 6.45) is -3.78. The van der Waals surface area contributed by atoms with Crippen LogP contribution in [-0.2, 0) is 45.9 Å². The van der Waals surface area contributed by atoms with Crippen LogP contribution >= 0.6 is 46.4 Å². The maximum absolute atomic E-state index is 12.8. The third-order valence-electron chi connectivity index (χ3n) is 9.33. The molecule has 1 aliphatic rings. The van der Waals surface area contributed by atoms with E-state index in [-0.39, 0.29) is 53.7 Å². The van der Waals surface area contributed by atoms with Crippen LogP contribution in [0.15, 0.2) is 77.4 Å². The fourth-order valence-electron chi connectivity index (χ4n) is 6.16. The molecule has 2 atom stereocenters. The van der Waals surface area contributed by atoms with Crippen molar-refractivity contribution in [2.75, 3.05) is 37.3 Å². The first kappa shape index (κ1) is 55.2. The highest BCUT2D eigenvalue weighted by Gasteiger charge is 2.45. The van der Waals surface area contributed by atoms with Gasteiger partial charge >= 0.3 is 18.1 Å². The van der Waals surface area contributed by atoms with Gasteiger partial charge < -0.3 is 33.0 Å². The first-order valence-corrected chi connectivity index (χ1v) is 21.8. The van der Waals surface area contributed by atoms with Crippen LogP contribution in [0.2, 0.25) is 5.02 Å². The number of ether oxygens (including phenoxy) is 5. The summed E-state index contributed by atoms with van der Waals surface area (Å²) in [5.74, 6) is -2.19. The molecule has 22 heteroatoms. The quantitative estimate of drug-likeness (QED) is 0.0362. The van der Waals surface area contributed by atoms with Gasteiger partial charge in [-0.15, -0.1) is 11.6 Å². The fourth-order valence-corrected chi connectivity index (χ4v) is 6.76. The second-order valence-corrected chi connectivity index (χ2v) is 16.1. The molecule has 0 bridgehead atoms. The number of para-hydroxylation sites is 1. The Morgan fingerprint density at radius 3 is 2.26 bits per heavy atom. The average molecular weight is 1010 g/mol. The van der Waals surface area contributed by atoms with Crippen molar-refractivity contribution >= 4 is 81.5 Å². The number of nitro benzene ring substituents is 1. The van der Waals surface area contributed by atoms with E-state index >= 15 is 0 Å². The van der Waals surface area contributed by atoms with E-state index in [0.29, 0.717) is 25.0 Å². The Balaban J connectivity index is 0.000000282. The molecule has 360 valence electrons. The Bertz CT molecular complexity index is 2300. The lowest BCUT2D eigenvalue weighted by Gasteiger charge is -2.29. The van der Waals surface area contributed by atoms with Crippen LogP contribution in [0, 0.1) is 17.0 Å². The van der Waals surface area contributed by atoms with Gasteiger partial charge in [-0.05, 0) is 95.5 Å². The van der Waals surface area contributed by atoms with Crippen molar-refractivity contribution in [1.82, 2.24) is 4.90 Å². The topological polar surface area (TPSA) is 177 Å². The number of nitro groups is 1. The standard InChI is InChI=1S/C19H15ClF3NO7.C14H20ClNO2.C11H13Cl2NO3/c1-3-29-17(25)10(2)30-18(26)13-9-12(5-6-15(13)24(27)28)31-16-7-4-11(8-14(16)20)19(21,22)23;1-4-12-8-6-7-11(3)14(12)16(10-18-5-2)13(17)9-15;1-11(2)14(10(15)9(12)13)6-8(17-11)7-4-3-5-16-7/h4-10H,3H2,1-2H3;6-8H,4-5,9-10H2,1-3H3;3-5,8-9H,6H2,1-2H3. The molecule has 0 N–H and O–H groups in total. The monoisotopic (exact) mass is 1010 g/mol. The molecule has 2 unspecified atom stereocenters. The molecule has 5 rings (SSSR count). The van der Waals surface area contributed by atoms with E-state index in [1.165, 1.54) is 11.8 Å². The highest BCUT2D eigenvalue weighted by Crippen LogP contribution is 2.39. The van der Waals surface area contributed by atoms with E-state index < -0.39 is 56.5 Å². The second kappa shape index (κ2) is 25.1. The summed E-state index contributed by atoms with van der Waals surface area (Å²) in [6.45, 7) is 13.6. The van der Waals surface area contributed by atoms with Crippen molar-refractivity contribution in [1.29, 1.82) is 0 Å². The van der Waals surface area contributed by atoms with Crippen LogP contribution in [0.25, 0.3) is 0 Å². The summed E-state index contributed by atoms with van der Waals surface area (Å²) in [7, 11) is 0. The molecular formula is C44H48Cl4F3N3O12. The fraction of sp³-hybridized carbons (Fsp3) is 0.409. The maximum Gasteiger partial charge on any atom is 0.416 e. The zero-order chi connectivity index (χ0) is 49.5. The Labute approximate surface area is 399 Å². The van der Waals surface area contributed by atoms with Crippen molar-refractivity contribution < 1.29 is 65.4 Å². The highest BCUT2D eigenvalue weighted by atomic mass is 35.5. The number of hydrogen-bond donors (Lipinski definition) is 0. The lowest BCUT2D eigenvalue weighted by molar-refractivity contribution is -0.385. The third kappa shape index (κ3) is 15.2. The van der Waals surface area contributed by atoms with Gasteiger partial charge in [0.15, 0.2) is 10.9 Å². The van der Waals surface area contributed by atoms with Gasteiger partial charge in [0.25, 0.3) is 11.6 Å². The zero-order valence-electron chi connectivity index (χ0n) is 36.8. The Morgan fingerprint density at radius 2 is 1.71 bits per heavy atom. The molecule has 0 spiro atoms. The number of carbonyl (C=O) groups excluding carboxylic acids is 4. The molecule has 66 heavy (non-hydrogen) atoms. The average Bonchev–Trinajstić information content (AvgIpc) is 3.92. The first-order chi connectivity index (χ1) is 31.0.